The highest BCUT2D eigenvalue weighted by atomic mass is 16.1. The van der Waals surface area contributed by atoms with Crippen LogP contribution in [0.1, 0.15) is 25.7 Å². The Morgan fingerprint density at radius 1 is 1.20 bits per heavy atom. The third kappa shape index (κ3) is 1.14. The zero-order valence-electron chi connectivity index (χ0n) is 5.92. The maximum Gasteiger partial charge on any atom is 0.221 e. The van der Waals surface area contributed by atoms with E-state index in [1.807, 2.05) is 0 Å². The lowest BCUT2D eigenvalue weighted by atomic mass is 10.6. The second kappa shape index (κ2) is 2.23. The van der Waals surface area contributed by atoms with Gasteiger partial charge in [0, 0.05) is 12.1 Å². The van der Waals surface area contributed by atoms with E-state index < -0.39 is 0 Å². The molecule has 1 N–H and O–H groups in total. The molecule has 0 saturated heterocycles. The number of carbonyl (C=O) groups excluding carboxylic acids is 1. The molecule has 0 aromatic heterocycles. The molecule has 0 heterocycles. The summed E-state index contributed by atoms with van der Waals surface area (Å²) in [6.07, 6.45) is 5.83. The number of hydrazine groups is 1. The van der Waals surface area contributed by atoms with E-state index in [0.29, 0.717) is 12.1 Å². The molecular weight excluding hydrogens is 128 g/mol. The van der Waals surface area contributed by atoms with Crippen LogP contribution < -0.4 is 5.43 Å². The van der Waals surface area contributed by atoms with Gasteiger partial charge in [0.05, 0.1) is 0 Å². The molecule has 0 spiro atoms. The van der Waals surface area contributed by atoms with E-state index in [4.69, 9.17) is 0 Å². The van der Waals surface area contributed by atoms with E-state index in [0.717, 1.165) is 6.41 Å². The quantitative estimate of drug-likeness (QED) is 0.449. The van der Waals surface area contributed by atoms with Gasteiger partial charge in [-0.25, -0.2) is 5.01 Å². The van der Waals surface area contributed by atoms with Crippen molar-refractivity contribution in [3.63, 3.8) is 0 Å². The van der Waals surface area contributed by atoms with Crippen LogP contribution in [0.3, 0.4) is 0 Å². The van der Waals surface area contributed by atoms with Crippen LogP contribution in [0.4, 0.5) is 0 Å². The summed E-state index contributed by atoms with van der Waals surface area (Å²) in [7, 11) is 0. The number of hydrogen-bond acceptors (Lipinski definition) is 2. The van der Waals surface area contributed by atoms with E-state index in [-0.39, 0.29) is 0 Å². The third-order valence-corrected chi connectivity index (χ3v) is 2.08. The highest BCUT2D eigenvalue weighted by Gasteiger charge is 2.39. The molecule has 0 aromatic carbocycles. The van der Waals surface area contributed by atoms with Crippen molar-refractivity contribution in [2.45, 2.75) is 37.8 Å². The molecule has 2 aliphatic rings. The molecule has 2 saturated carbocycles. The van der Waals surface area contributed by atoms with Crippen molar-refractivity contribution in [3.8, 4) is 0 Å². The molecule has 0 bridgehead atoms. The molecule has 0 radical (unpaired) electrons. The van der Waals surface area contributed by atoms with Gasteiger partial charge < -0.3 is 0 Å². The molecule has 2 fully saturated rings. The first-order valence-corrected chi connectivity index (χ1v) is 3.90. The Bertz CT molecular complexity index is 129. The molecule has 3 nitrogen and oxygen atoms in total. The standard InChI is InChI=1S/C7H12N2O/c10-5-8-9(6-1-2-6)7-3-4-7/h5-7H,1-4H2,(H,8,10). The second-order valence-electron chi connectivity index (χ2n) is 3.12. The predicted octanol–water partition coefficient (Wildman–Crippen LogP) is 0.274. The van der Waals surface area contributed by atoms with Crippen molar-refractivity contribution in [1.29, 1.82) is 0 Å². The van der Waals surface area contributed by atoms with Crippen molar-refractivity contribution < 1.29 is 4.79 Å². The molecule has 0 atom stereocenters. The first-order valence-electron chi connectivity index (χ1n) is 3.90. The Morgan fingerprint density at radius 2 is 1.70 bits per heavy atom. The van der Waals surface area contributed by atoms with Crippen molar-refractivity contribution in [1.82, 2.24) is 10.4 Å². The molecule has 0 aromatic rings. The smallest absolute Gasteiger partial charge is 0.221 e. The summed E-state index contributed by atoms with van der Waals surface area (Å²) in [6, 6.07) is 1.33. The van der Waals surface area contributed by atoms with Gasteiger partial charge in [0.2, 0.25) is 6.41 Å². The van der Waals surface area contributed by atoms with Crippen LogP contribution in [-0.2, 0) is 4.79 Å². The average Bonchev–Trinajstić information content (AvgIpc) is 2.77. The molecule has 10 heavy (non-hydrogen) atoms. The van der Waals surface area contributed by atoms with Crippen LogP contribution in [0.2, 0.25) is 0 Å². The number of amides is 1. The molecule has 0 aliphatic heterocycles. The number of rotatable bonds is 4. The van der Waals surface area contributed by atoms with Crippen molar-refractivity contribution in [3.05, 3.63) is 0 Å². The van der Waals surface area contributed by atoms with E-state index in [1.165, 1.54) is 25.7 Å². The Morgan fingerprint density at radius 3 is 2.00 bits per heavy atom. The summed E-state index contributed by atoms with van der Waals surface area (Å²) in [4.78, 5) is 10.1. The number of carbonyl (C=O) groups is 1. The molecule has 1 amide bonds. The van der Waals surface area contributed by atoms with Crippen LogP contribution in [0, 0.1) is 0 Å². The SMILES string of the molecule is O=CNN(C1CC1)C1CC1. The summed E-state index contributed by atoms with van der Waals surface area (Å²) in [6.45, 7) is 0. The summed E-state index contributed by atoms with van der Waals surface area (Å²) < 4.78 is 0. The molecular formula is C7H12N2O. The van der Waals surface area contributed by atoms with Gasteiger partial charge in [0.1, 0.15) is 0 Å². The highest BCUT2D eigenvalue weighted by molar-refractivity contribution is 5.45. The Kier molecular flexibility index (Phi) is 1.38. The van der Waals surface area contributed by atoms with Gasteiger partial charge in [-0.05, 0) is 25.7 Å². The zero-order chi connectivity index (χ0) is 6.97. The second-order valence-corrected chi connectivity index (χ2v) is 3.12. The van der Waals surface area contributed by atoms with Crippen LogP contribution in [-0.4, -0.2) is 23.5 Å². The monoisotopic (exact) mass is 140 g/mol. The van der Waals surface area contributed by atoms with E-state index in [2.05, 4.69) is 10.4 Å². The fraction of sp³-hybridized carbons (Fsp3) is 0.857. The van der Waals surface area contributed by atoms with E-state index in [1.54, 1.807) is 0 Å². The fourth-order valence-corrected chi connectivity index (χ4v) is 1.28. The van der Waals surface area contributed by atoms with E-state index in [9.17, 15) is 4.79 Å². The largest absolute Gasteiger partial charge is 0.291 e. The van der Waals surface area contributed by atoms with Crippen LogP contribution >= 0.6 is 0 Å². The molecule has 2 aliphatic carbocycles. The maximum absolute atomic E-state index is 10.1. The van der Waals surface area contributed by atoms with Gasteiger partial charge in [0.25, 0.3) is 0 Å². The van der Waals surface area contributed by atoms with Gasteiger partial charge >= 0.3 is 0 Å². The minimum Gasteiger partial charge on any atom is -0.291 e. The Balaban J connectivity index is 1.85. The summed E-state index contributed by atoms with van der Waals surface area (Å²) >= 11 is 0. The van der Waals surface area contributed by atoms with Crippen molar-refractivity contribution >= 4 is 6.41 Å². The molecule has 56 valence electrons. The highest BCUT2D eigenvalue weighted by Crippen LogP contribution is 2.35. The average molecular weight is 140 g/mol. The Labute approximate surface area is 60.4 Å². The number of hydrogen-bond donors (Lipinski definition) is 1. The zero-order valence-corrected chi connectivity index (χ0v) is 5.92. The van der Waals surface area contributed by atoms with Gasteiger partial charge in [-0.2, -0.15) is 0 Å². The maximum atomic E-state index is 10.1. The first kappa shape index (κ1) is 6.16. The van der Waals surface area contributed by atoms with Crippen molar-refractivity contribution in [2.75, 3.05) is 0 Å². The lowest BCUT2D eigenvalue weighted by Crippen LogP contribution is -2.40. The predicted molar refractivity (Wildman–Crippen MR) is 37.1 cm³/mol. The molecule has 3 heteroatoms. The van der Waals surface area contributed by atoms with Gasteiger partial charge in [-0.1, -0.05) is 0 Å². The molecule has 0 unspecified atom stereocenters. The fourth-order valence-electron chi connectivity index (χ4n) is 1.28. The van der Waals surface area contributed by atoms with Gasteiger partial charge in [-0.15, -0.1) is 0 Å². The lowest BCUT2D eigenvalue weighted by Gasteiger charge is -2.18. The summed E-state index contributed by atoms with van der Waals surface area (Å²) in [5.41, 5.74) is 2.76. The third-order valence-electron chi connectivity index (χ3n) is 2.08. The van der Waals surface area contributed by atoms with Crippen molar-refractivity contribution in [2.24, 2.45) is 0 Å². The number of nitrogens with zero attached hydrogens (tertiary/aromatic N) is 1. The minimum atomic E-state index is 0.665. The number of nitrogens with one attached hydrogen (secondary N) is 1. The van der Waals surface area contributed by atoms with Crippen LogP contribution in [0.25, 0.3) is 0 Å². The molecule has 2 rings (SSSR count). The Hall–Kier alpha value is -0.570. The first-order chi connectivity index (χ1) is 4.92. The van der Waals surface area contributed by atoms with Gasteiger partial charge in [-0.3, -0.25) is 10.2 Å². The van der Waals surface area contributed by atoms with Crippen LogP contribution in [0.15, 0.2) is 0 Å². The summed E-state index contributed by atoms with van der Waals surface area (Å²) in [5.74, 6) is 0. The minimum absolute atomic E-state index is 0.665. The normalized spacial score (nSPS) is 24.9. The lowest BCUT2D eigenvalue weighted by molar-refractivity contribution is -0.114. The van der Waals surface area contributed by atoms with E-state index >= 15 is 0 Å². The van der Waals surface area contributed by atoms with Crippen LogP contribution in [0.5, 0.6) is 0 Å². The van der Waals surface area contributed by atoms with Gasteiger partial charge in [0.15, 0.2) is 0 Å². The topological polar surface area (TPSA) is 32.3 Å². The summed E-state index contributed by atoms with van der Waals surface area (Å²) in [5, 5.41) is 2.12.